The molecule has 2 heterocycles. The van der Waals surface area contributed by atoms with Gasteiger partial charge in [-0.3, -0.25) is 0 Å². The molecule has 0 amide bonds. The number of benzene rings is 1. The van der Waals surface area contributed by atoms with Crippen molar-refractivity contribution in [1.29, 1.82) is 0 Å². The van der Waals surface area contributed by atoms with E-state index in [1.807, 2.05) is 12.1 Å². The lowest BCUT2D eigenvalue weighted by molar-refractivity contribution is -0.695. The second-order valence-electron chi connectivity index (χ2n) is 4.67. The van der Waals surface area contributed by atoms with Gasteiger partial charge in [-0.1, -0.05) is 23.4 Å². The van der Waals surface area contributed by atoms with E-state index in [2.05, 4.69) is 60.0 Å². The number of hydrogen-bond acceptors (Lipinski definition) is 2. The Balaban J connectivity index is 1.99. The van der Waals surface area contributed by atoms with Gasteiger partial charge in [-0.25, -0.2) is 0 Å². The predicted molar refractivity (Wildman–Crippen MR) is 86.0 cm³/mol. The van der Waals surface area contributed by atoms with Gasteiger partial charge in [-0.15, -0.1) is 0 Å². The van der Waals surface area contributed by atoms with Gasteiger partial charge in [0, 0.05) is 35.2 Å². The maximum Gasteiger partial charge on any atom is 0.207 e. The molecule has 4 heteroatoms. The van der Waals surface area contributed by atoms with Crippen LogP contribution in [0.15, 0.2) is 52.5 Å². The third kappa shape index (κ3) is 2.43. The van der Waals surface area contributed by atoms with Crippen LogP contribution in [0.25, 0.3) is 6.08 Å². The van der Waals surface area contributed by atoms with E-state index < -0.39 is 0 Å². The molecule has 1 aliphatic heterocycles. The van der Waals surface area contributed by atoms with Crippen molar-refractivity contribution in [3.8, 4) is 0 Å². The molecule has 20 heavy (non-hydrogen) atoms. The molecule has 1 aromatic heterocycles. The minimum atomic E-state index is 0.779. The van der Waals surface area contributed by atoms with Gasteiger partial charge in [0.1, 0.15) is 6.54 Å². The maximum atomic E-state index is 6.08. The summed E-state index contributed by atoms with van der Waals surface area (Å²) in [4.78, 5) is 3.45. The highest BCUT2D eigenvalue weighted by atomic mass is 35.5. The molecule has 0 unspecified atom stereocenters. The van der Waals surface area contributed by atoms with E-state index in [9.17, 15) is 0 Å². The first-order valence-corrected chi connectivity index (χ1v) is 7.80. The Morgan fingerprint density at radius 3 is 2.95 bits per heavy atom. The standard InChI is InChI=1S/C16H16ClN2S/c1-3-19-9-5-4-6-13(19)11-16-18(2)14-10-12(17)7-8-15(14)20-16/h4-11H,3H2,1-2H3/q+1. The molecular weight excluding hydrogens is 288 g/mol. The molecule has 2 nitrogen and oxygen atoms in total. The topological polar surface area (TPSA) is 7.12 Å². The van der Waals surface area contributed by atoms with Crippen molar-refractivity contribution in [2.75, 3.05) is 11.9 Å². The number of fused-ring (bicyclic) bond motifs is 1. The molecule has 0 bridgehead atoms. The van der Waals surface area contributed by atoms with Crippen molar-refractivity contribution in [2.24, 2.45) is 0 Å². The predicted octanol–water partition coefficient (Wildman–Crippen LogP) is 4.19. The Morgan fingerprint density at radius 2 is 2.15 bits per heavy atom. The quantitative estimate of drug-likeness (QED) is 0.768. The number of nitrogens with zero attached hydrogens (tertiary/aromatic N) is 2. The van der Waals surface area contributed by atoms with Gasteiger partial charge in [0.25, 0.3) is 0 Å². The monoisotopic (exact) mass is 303 g/mol. The van der Waals surface area contributed by atoms with Crippen molar-refractivity contribution in [1.82, 2.24) is 0 Å². The number of aromatic nitrogens is 1. The molecule has 1 aromatic carbocycles. The van der Waals surface area contributed by atoms with Crippen molar-refractivity contribution < 1.29 is 4.57 Å². The average molecular weight is 304 g/mol. The minimum Gasteiger partial charge on any atom is -0.338 e. The zero-order chi connectivity index (χ0) is 14.1. The highest BCUT2D eigenvalue weighted by molar-refractivity contribution is 8.03. The van der Waals surface area contributed by atoms with Crippen LogP contribution in [0.1, 0.15) is 12.6 Å². The summed E-state index contributed by atoms with van der Waals surface area (Å²) in [6, 6.07) is 12.3. The normalized spacial score (nSPS) is 15.8. The van der Waals surface area contributed by atoms with E-state index in [0.29, 0.717) is 0 Å². The van der Waals surface area contributed by atoms with Gasteiger partial charge < -0.3 is 4.90 Å². The molecule has 1 aliphatic rings. The second kappa shape index (κ2) is 5.51. The fraction of sp³-hybridized carbons (Fsp3) is 0.188. The van der Waals surface area contributed by atoms with Crippen molar-refractivity contribution in [3.05, 3.63) is 58.3 Å². The van der Waals surface area contributed by atoms with Gasteiger partial charge in [-0.2, -0.15) is 4.57 Å². The second-order valence-corrected chi connectivity index (χ2v) is 6.17. The van der Waals surface area contributed by atoms with Crippen LogP contribution in [0.3, 0.4) is 0 Å². The Kier molecular flexibility index (Phi) is 3.72. The fourth-order valence-corrected chi connectivity index (χ4v) is 3.54. The number of rotatable bonds is 2. The van der Waals surface area contributed by atoms with Gasteiger partial charge in [0.15, 0.2) is 6.20 Å². The van der Waals surface area contributed by atoms with E-state index in [0.717, 1.165) is 11.6 Å². The summed E-state index contributed by atoms with van der Waals surface area (Å²) in [5.41, 5.74) is 2.39. The molecule has 0 fully saturated rings. The summed E-state index contributed by atoms with van der Waals surface area (Å²) in [5.74, 6) is 0. The Morgan fingerprint density at radius 1 is 1.30 bits per heavy atom. The molecule has 0 spiro atoms. The van der Waals surface area contributed by atoms with Crippen molar-refractivity contribution >= 4 is 35.1 Å². The molecule has 0 atom stereocenters. The molecular formula is C16H16ClN2S+. The van der Waals surface area contributed by atoms with Crippen molar-refractivity contribution in [3.63, 3.8) is 0 Å². The van der Waals surface area contributed by atoms with Crippen LogP contribution in [-0.2, 0) is 6.54 Å². The number of pyridine rings is 1. The highest BCUT2D eigenvalue weighted by Gasteiger charge is 2.23. The van der Waals surface area contributed by atoms with Crippen LogP contribution in [-0.4, -0.2) is 7.05 Å². The first-order chi connectivity index (χ1) is 9.69. The van der Waals surface area contributed by atoms with E-state index in [1.165, 1.54) is 21.3 Å². The van der Waals surface area contributed by atoms with E-state index in [4.69, 9.17) is 11.6 Å². The summed E-state index contributed by atoms with van der Waals surface area (Å²) in [6.45, 7) is 3.12. The molecule has 0 radical (unpaired) electrons. The number of thioether (sulfide) groups is 1. The Labute approximate surface area is 128 Å². The number of halogens is 1. The van der Waals surface area contributed by atoms with Gasteiger partial charge >= 0.3 is 0 Å². The van der Waals surface area contributed by atoms with Crippen LogP contribution in [0.2, 0.25) is 5.02 Å². The van der Waals surface area contributed by atoms with E-state index in [1.54, 1.807) is 11.8 Å². The van der Waals surface area contributed by atoms with Gasteiger partial charge in [0.2, 0.25) is 5.69 Å². The fourth-order valence-electron chi connectivity index (χ4n) is 2.30. The average Bonchev–Trinajstić information content (AvgIpc) is 2.76. The first kappa shape index (κ1) is 13.5. The summed E-state index contributed by atoms with van der Waals surface area (Å²) in [7, 11) is 2.08. The lowest BCUT2D eigenvalue weighted by atomic mass is 10.3. The zero-order valence-electron chi connectivity index (χ0n) is 11.5. The summed E-state index contributed by atoms with van der Waals surface area (Å²) >= 11 is 7.87. The van der Waals surface area contributed by atoms with Crippen LogP contribution in [0, 0.1) is 0 Å². The molecule has 0 saturated heterocycles. The van der Waals surface area contributed by atoms with Crippen LogP contribution in [0.5, 0.6) is 0 Å². The molecule has 0 aliphatic carbocycles. The smallest absolute Gasteiger partial charge is 0.207 e. The van der Waals surface area contributed by atoms with Crippen molar-refractivity contribution in [2.45, 2.75) is 18.4 Å². The number of aryl methyl sites for hydroxylation is 1. The molecule has 102 valence electrons. The Hall–Kier alpha value is -1.45. The third-order valence-electron chi connectivity index (χ3n) is 3.42. The molecule has 2 aromatic rings. The molecule has 0 saturated carbocycles. The van der Waals surface area contributed by atoms with Gasteiger partial charge in [-0.05, 0) is 31.2 Å². The summed E-state index contributed by atoms with van der Waals surface area (Å²) in [6.07, 6.45) is 4.33. The van der Waals surface area contributed by atoms with Crippen LogP contribution in [0.4, 0.5) is 5.69 Å². The van der Waals surface area contributed by atoms with E-state index >= 15 is 0 Å². The van der Waals surface area contributed by atoms with Crippen LogP contribution < -0.4 is 9.47 Å². The first-order valence-electron chi connectivity index (χ1n) is 6.60. The Bertz CT molecular complexity index is 682. The maximum absolute atomic E-state index is 6.08. The largest absolute Gasteiger partial charge is 0.338 e. The lowest BCUT2D eigenvalue weighted by Gasteiger charge is -2.13. The van der Waals surface area contributed by atoms with E-state index in [-0.39, 0.29) is 0 Å². The minimum absolute atomic E-state index is 0.779. The lowest BCUT2D eigenvalue weighted by Crippen LogP contribution is -2.35. The van der Waals surface area contributed by atoms with Crippen LogP contribution >= 0.6 is 23.4 Å². The number of hydrogen-bond donors (Lipinski definition) is 0. The highest BCUT2D eigenvalue weighted by Crippen LogP contribution is 2.46. The summed E-state index contributed by atoms with van der Waals surface area (Å²) < 4.78 is 2.23. The number of anilines is 1. The zero-order valence-corrected chi connectivity index (χ0v) is 13.1. The summed E-state index contributed by atoms with van der Waals surface area (Å²) in [5, 5.41) is 2.00. The molecule has 3 rings (SSSR count). The third-order valence-corrected chi connectivity index (χ3v) is 4.82. The SMILES string of the molecule is CC[n+]1ccccc1/C=C1\Sc2ccc(Cl)cc2N1C. The van der Waals surface area contributed by atoms with Gasteiger partial charge in [0.05, 0.1) is 10.7 Å². The molecule has 0 N–H and O–H groups in total.